The highest BCUT2D eigenvalue weighted by Gasteiger charge is 2.32. The molecule has 0 spiro atoms. The van der Waals surface area contributed by atoms with Gasteiger partial charge in [0, 0.05) is 11.1 Å². The lowest BCUT2D eigenvalue weighted by molar-refractivity contribution is 0.120. The quantitative estimate of drug-likeness (QED) is 0.875. The van der Waals surface area contributed by atoms with Gasteiger partial charge in [0.1, 0.15) is 6.04 Å². The Kier molecular flexibility index (Phi) is 5.83. The van der Waals surface area contributed by atoms with E-state index in [2.05, 4.69) is 5.32 Å². The zero-order chi connectivity index (χ0) is 16.8. The molecule has 0 bridgehead atoms. The maximum atomic E-state index is 12.4. The smallest absolute Gasteiger partial charge is 0.415 e. The third kappa shape index (κ3) is 4.36. The van der Waals surface area contributed by atoms with Crippen LogP contribution < -0.4 is 5.32 Å². The number of nitrogens with zero attached hydrogens (tertiary/aromatic N) is 2. The molecule has 0 aromatic heterocycles. The Balaban J connectivity index is 2.13. The van der Waals surface area contributed by atoms with Gasteiger partial charge in [-0.15, -0.1) is 0 Å². The van der Waals surface area contributed by atoms with Gasteiger partial charge in [-0.05, 0) is 30.5 Å². The molecule has 1 aromatic carbocycles. The van der Waals surface area contributed by atoms with E-state index < -0.39 is 18.2 Å². The Hall–Kier alpha value is -2.26. The summed E-state index contributed by atoms with van der Waals surface area (Å²) in [5, 5.41) is 21.6. The Labute approximate surface area is 139 Å². The minimum atomic E-state index is -1.29. The first kappa shape index (κ1) is 17.1. The molecule has 23 heavy (non-hydrogen) atoms. The fourth-order valence-electron chi connectivity index (χ4n) is 2.82. The molecule has 0 heterocycles. The fraction of sp³-hybridized carbons (Fsp3) is 0.438. The highest BCUT2D eigenvalue weighted by Crippen LogP contribution is 2.24. The van der Waals surface area contributed by atoms with E-state index in [1.165, 1.54) is 0 Å². The van der Waals surface area contributed by atoms with E-state index in [1.54, 1.807) is 24.3 Å². The summed E-state index contributed by atoms with van der Waals surface area (Å²) in [4.78, 5) is 24.6. The molecule has 0 radical (unpaired) electrons. The average Bonchev–Trinajstić information content (AvgIpc) is 2.53. The normalized spacial score (nSPS) is 16.2. The van der Waals surface area contributed by atoms with Crippen LogP contribution in [0.4, 0.5) is 9.59 Å². The van der Waals surface area contributed by atoms with Gasteiger partial charge in [-0.2, -0.15) is 5.26 Å². The van der Waals surface area contributed by atoms with Crippen molar-refractivity contribution in [1.29, 1.82) is 5.26 Å². The zero-order valence-electron chi connectivity index (χ0n) is 12.5. The van der Waals surface area contributed by atoms with Gasteiger partial charge in [0.2, 0.25) is 0 Å². The standard InChI is InChI=1S/C16H18ClN3O3/c17-12-6-4-5-11(9-12)14(10-18)19-15(21)20(16(22)23)13-7-2-1-3-8-13/h4-6,9,13-14H,1-3,7-8H2,(H,19,21)(H,22,23). The number of carboxylic acid groups (broad SMARTS) is 1. The molecule has 1 aliphatic rings. The van der Waals surface area contributed by atoms with E-state index in [1.807, 2.05) is 6.07 Å². The Morgan fingerprint density at radius 3 is 2.61 bits per heavy atom. The van der Waals surface area contributed by atoms with Crippen molar-refractivity contribution in [1.82, 2.24) is 10.2 Å². The molecule has 1 fully saturated rings. The number of carbonyl (C=O) groups is 2. The monoisotopic (exact) mass is 335 g/mol. The molecular formula is C16H18ClN3O3. The number of rotatable bonds is 3. The number of carbonyl (C=O) groups excluding carboxylic acids is 1. The first-order chi connectivity index (χ1) is 11.0. The largest absolute Gasteiger partial charge is 0.465 e. The third-order valence-electron chi connectivity index (χ3n) is 3.94. The number of nitriles is 1. The van der Waals surface area contributed by atoms with Gasteiger partial charge < -0.3 is 10.4 Å². The Morgan fingerprint density at radius 2 is 2.04 bits per heavy atom. The van der Waals surface area contributed by atoms with E-state index in [4.69, 9.17) is 11.6 Å². The van der Waals surface area contributed by atoms with Crippen LogP contribution in [0.25, 0.3) is 0 Å². The lowest BCUT2D eigenvalue weighted by atomic mass is 9.94. The van der Waals surface area contributed by atoms with Gasteiger partial charge in [0.15, 0.2) is 0 Å². The summed E-state index contributed by atoms with van der Waals surface area (Å²) in [7, 11) is 0. The third-order valence-corrected chi connectivity index (χ3v) is 4.18. The molecule has 3 amide bonds. The van der Waals surface area contributed by atoms with E-state index in [-0.39, 0.29) is 6.04 Å². The highest BCUT2D eigenvalue weighted by molar-refractivity contribution is 6.30. The topological polar surface area (TPSA) is 93.4 Å². The molecule has 0 saturated heterocycles. The summed E-state index contributed by atoms with van der Waals surface area (Å²) >= 11 is 5.89. The summed E-state index contributed by atoms with van der Waals surface area (Å²) in [6.07, 6.45) is 2.88. The number of benzene rings is 1. The number of halogens is 1. The van der Waals surface area contributed by atoms with Crippen molar-refractivity contribution < 1.29 is 14.7 Å². The fourth-order valence-corrected chi connectivity index (χ4v) is 3.02. The molecule has 1 aliphatic carbocycles. The van der Waals surface area contributed by atoms with Crippen LogP contribution in [0.3, 0.4) is 0 Å². The maximum absolute atomic E-state index is 12.4. The molecule has 7 heteroatoms. The van der Waals surface area contributed by atoms with Gasteiger partial charge in [-0.3, -0.25) is 0 Å². The molecule has 1 unspecified atom stereocenters. The van der Waals surface area contributed by atoms with Crippen LogP contribution in [0.5, 0.6) is 0 Å². The SMILES string of the molecule is N#CC(NC(=O)N(C(=O)O)C1CCCCC1)c1cccc(Cl)c1. The van der Waals surface area contributed by atoms with Crippen molar-refractivity contribution in [3.8, 4) is 6.07 Å². The van der Waals surface area contributed by atoms with Crippen LogP contribution in [-0.4, -0.2) is 28.2 Å². The van der Waals surface area contributed by atoms with E-state index in [9.17, 15) is 20.0 Å². The van der Waals surface area contributed by atoms with Crippen LogP contribution >= 0.6 is 11.6 Å². The summed E-state index contributed by atoms with van der Waals surface area (Å²) in [5.74, 6) is 0. The average molecular weight is 336 g/mol. The number of hydrogen-bond donors (Lipinski definition) is 2. The lowest BCUT2D eigenvalue weighted by Gasteiger charge is -2.31. The van der Waals surface area contributed by atoms with Gasteiger partial charge in [0.05, 0.1) is 6.07 Å². The van der Waals surface area contributed by atoms with Gasteiger partial charge in [-0.1, -0.05) is 43.0 Å². The molecule has 2 N–H and O–H groups in total. The Bertz CT molecular complexity index is 623. The van der Waals surface area contributed by atoms with Crippen molar-refractivity contribution in [2.45, 2.75) is 44.2 Å². The number of urea groups is 1. The van der Waals surface area contributed by atoms with E-state index in [0.29, 0.717) is 23.4 Å². The second-order valence-electron chi connectivity index (χ2n) is 5.51. The number of imide groups is 1. The summed E-state index contributed by atoms with van der Waals surface area (Å²) in [6.45, 7) is 0. The summed E-state index contributed by atoms with van der Waals surface area (Å²) < 4.78 is 0. The van der Waals surface area contributed by atoms with E-state index in [0.717, 1.165) is 24.2 Å². The molecule has 1 aromatic rings. The minimum Gasteiger partial charge on any atom is -0.465 e. The van der Waals surface area contributed by atoms with Crippen LogP contribution in [-0.2, 0) is 0 Å². The predicted octanol–water partition coefficient (Wildman–Crippen LogP) is 3.93. The first-order valence-electron chi connectivity index (χ1n) is 7.50. The van der Waals surface area contributed by atoms with Crippen LogP contribution in [0.2, 0.25) is 5.02 Å². The minimum absolute atomic E-state index is 0.333. The molecule has 122 valence electrons. The van der Waals surface area contributed by atoms with Gasteiger partial charge in [0.25, 0.3) is 0 Å². The maximum Gasteiger partial charge on any atom is 0.415 e. The van der Waals surface area contributed by atoms with Crippen LogP contribution in [0, 0.1) is 11.3 Å². The predicted molar refractivity (Wildman–Crippen MR) is 85.1 cm³/mol. The number of amides is 3. The molecule has 0 aliphatic heterocycles. The highest BCUT2D eigenvalue weighted by atomic mass is 35.5. The molecule has 1 atom stereocenters. The first-order valence-corrected chi connectivity index (χ1v) is 7.88. The van der Waals surface area contributed by atoms with Crippen molar-refractivity contribution >= 4 is 23.7 Å². The number of hydrogen-bond acceptors (Lipinski definition) is 3. The van der Waals surface area contributed by atoms with Crippen molar-refractivity contribution in [2.24, 2.45) is 0 Å². The Morgan fingerprint density at radius 1 is 1.35 bits per heavy atom. The van der Waals surface area contributed by atoms with Crippen LogP contribution in [0.15, 0.2) is 24.3 Å². The molecule has 2 rings (SSSR count). The van der Waals surface area contributed by atoms with Gasteiger partial charge in [-0.25, -0.2) is 14.5 Å². The van der Waals surface area contributed by atoms with E-state index >= 15 is 0 Å². The second-order valence-corrected chi connectivity index (χ2v) is 5.95. The van der Waals surface area contributed by atoms with Crippen molar-refractivity contribution in [3.63, 3.8) is 0 Å². The van der Waals surface area contributed by atoms with Crippen molar-refractivity contribution in [3.05, 3.63) is 34.9 Å². The van der Waals surface area contributed by atoms with Gasteiger partial charge >= 0.3 is 12.1 Å². The summed E-state index contributed by atoms with van der Waals surface area (Å²) in [5.41, 5.74) is 0.516. The summed E-state index contributed by atoms with van der Waals surface area (Å²) in [6, 6.07) is 6.47. The molecular weight excluding hydrogens is 318 g/mol. The van der Waals surface area contributed by atoms with Crippen LogP contribution in [0.1, 0.15) is 43.7 Å². The van der Waals surface area contributed by atoms with Crippen molar-refractivity contribution in [2.75, 3.05) is 0 Å². The number of nitrogens with one attached hydrogen (secondary N) is 1. The zero-order valence-corrected chi connectivity index (χ0v) is 13.3. The second kappa shape index (κ2) is 7.84. The molecule has 6 nitrogen and oxygen atoms in total. The lowest BCUT2D eigenvalue weighted by Crippen LogP contribution is -2.50. The molecule has 1 saturated carbocycles.